The van der Waals surface area contributed by atoms with E-state index >= 15 is 0 Å². The number of aryl methyl sites for hydroxylation is 1. The number of anilines is 1. The number of carbonyl (C=O) groups is 1. The summed E-state index contributed by atoms with van der Waals surface area (Å²) < 4.78 is 5.50. The second-order valence-electron chi connectivity index (χ2n) is 4.70. The van der Waals surface area contributed by atoms with Crippen LogP contribution in [-0.2, 0) is 4.79 Å². The van der Waals surface area contributed by atoms with Crippen molar-refractivity contribution in [1.29, 1.82) is 0 Å². The molecule has 0 aromatic carbocycles. The summed E-state index contributed by atoms with van der Waals surface area (Å²) in [6.45, 7) is 5.25. The van der Waals surface area contributed by atoms with Gasteiger partial charge in [-0.3, -0.25) is 4.79 Å². The first-order valence-electron chi connectivity index (χ1n) is 6.69. The van der Waals surface area contributed by atoms with Crippen LogP contribution in [-0.4, -0.2) is 35.1 Å². The van der Waals surface area contributed by atoms with E-state index in [0.717, 1.165) is 18.5 Å². The Labute approximate surface area is 113 Å². The molecule has 0 radical (unpaired) electrons. The molecule has 1 aliphatic rings. The van der Waals surface area contributed by atoms with Crippen molar-refractivity contribution in [3.8, 4) is 5.88 Å². The molecule has 1 saturated heterocycles. The van der Waals surface area contributed by atoms with Crippen molar-refractivity contribution in [3.05, 3.63) is 11.8 Å². The molecular weight excluding hydrogens is 244 g/mol. The van der Waals surface area contributed by atoms with Gasteiger partial charge in [0.2, 0.25) is 17.7 Å². The van der Waals surface area contributed by atoms with Crippen LogP contribution in [0.25, 0.3) is 0 Å². The van der Waals surface area contributed by atoms with Crippen molar-refractivity contribution in [2.45, 2.75) is 39.2 Å². The zero-order valence-electron chi connectivity index (χ0n) is 11.4. The predicted molar refractivity (Wildman–Crippen MR) is 72.2 cm³/mol. The van der Waals surface area contributed by atoms with E-state index < -0.39 is 0 Å². The molecule has 1 fully saturated rings. The third-order valence-electron chi connectivity index (χ3n) is 2.88. The van der Waals surface area contributed by atoms with Gasteiger partial charge in [0.15, 0.2) is 0 Å². The van der Waals surface area contributed by atoms with Gasteiger partial charge >= 0.3 is 0 Å². The topological polar surface area (TPSA) is 76.1 Å². The molecule has 104 valence electrons. The van der Waals surface area contributed by atoms with E-state index in [2.05, 4.69) is 27.5 Å². The number of rotatable bonds is 6. The standard InChI is InChI=1S/C13H20N4O2/c1-3-6-19-12-7-9(2)15-13(17-12)14-8-10-4-5-11(18)16-10/h7,10H,3-6,8H2,1-2H3,(H,16,18)(H,14,15,17). The van der Waals surface area contributed by atoms with Crippen LogP contribution < -0.4 is 15.4 Å². The highest BCUT2D eigenvalue weighted by Crippen LogP contribution is 2.13. The van der Waals surface area contributed by atoms with Crippen LogP contribution in [0.2, 0.25) is 0 Å². The molecule has 1 aliphatic heterocycles. The van der Waals surface area contributed by atoms with Gasteiger partial charge in [-0.05, 0) is 19.8 Å². The summed E-state index contributed by atoms with van der Waals surface area (Å²) in [5, 5.41) is 6.05. The van der Waals surface area contributed by atoms with Crippen molar-refractivity contribution >= 4 is 11.9 Å². The monoisotopic (exact) mass is 264 g/mol. The molecule has 6 nitrogen and oxygen atoms in total. The van der Waals surface area contributed by atoms with Gasteiger partial charge in [0.25, 0.3) is 0 Å². The van der Waals surface area contributed by atoms with E-state index in [4.69, 9.17) is 4.74 Å². The van der Waals surface area contributed by atoms with Crippen LogP contribution in [0.5, 0.6) is 5.88 Å². The zero-order valence-corrected chi connectivity index (χ0v) is 11.4. The summed E-state index contributed by atoms with van der Waals surface area (Å²) >= 11 is 0. The average molecular weight is 264 g/mol. The molecule has 0 bridgehead atoms. The van der Waals surface area contributed by atoms with Crippen molar-refractivity contribution < 1.29 is 9.53 Å². The number of nitrogens with zero attached hydrogens (tertiary/aromatic N) is 2. The van der Waals surface area contributed by atoms with E-state index in [1.165, 1.54) is 0 Å². The van der Waals surface area contributed by atoms with Crippen LogP contribution in [0.15, 0.2) is 6.07 Å². The van der Waals surface area contributed by atoms with Gasteiger partial charge in [-0.15, -0.1) is 0 Å². The van der Waals surface area contributed by atoms with Gasteiger partial charge in [0.05, 0.1) is 6.61 Å². The first-order chi connectivity index (χ1) is 9.17. The maximum atomic E-state index is 11.1. The fraction of sp³-hybridized carbons (Fsp3) is 0.615. The van der Waals surface area contributed by atoms with Gasteiger partial charge in [-0.2, -0.15) is 4.98 Å². The molecule has 1 aromatic heterocycles. The summed E-state index contributed by atoms with van der Waals surface area (Å²) in [6, 6.07) is 1.98. The molecule has 0 aliphatic carbocycles. The van der Waals surface area contributed by atoms with E-state index in [0.29, 0.717) is 31.4 Å². The van der Waals surface area contributed by atoms with Gasteiger partial charge in [0, 0.05) is 30.8 Å². The molecular formula is C13H20N4O2. The predicted octanol–water partition coefficient (Wildman–Crippen LogP) is 1.26. The van der Waals surface area contributed by atoms with Crippen LogP contribution in [0.3, 0.4) is 0 Å². The van der Waals surface area contributed by atoms with Gasteiger partial charge in [0.1, 0.15) is 0 Å². The Balaban J connectivity index is 1.91. The van der Waals surface area contributed by atoms with Crippen LogP contribution >= 0.6 is 0 Å². The summed E-state index contributed by atoms with van der Waals surface area (Å²) in [6.07, 6.45) is 2.41. The highest BCUT2D eigenvalue weighted by atomic mass is 16.5. The largest absolute Gasteiger partial charge is 0.478 e. The van der Waals surface area contributed by atoms with Gasteiger partial charge < -0.3 is 15.4 Å². The number of aromatic nitrogens is 2. The third-order valence-corrected chi connectivity index (χ3v) is 2.88. The number of hydrogen-bond acceptors (Lipinski definition) is 5. The molecule has 2 rings (SSSR count). The minimum absolute atomic E-state index is 0.115. The van der Waals surface area contributed by atoms with Crippen molar-refractivity contribution in [1.82, 2.24) is 15.3 Å². The number of carbonyl (C=O) groups excluding carboxylic acids is 1. The Hall–Kier alpha value is -1.85. The molecule has 1 unspecified atom stereocenters. The van der Waals surface area contributed by atoms with E-state index in [-0.39, 0.29) is 11.9 Å². The molecule has 2 N–H and O–H groups in total. The Morgan fingerprint density at radius 2 is 2.37 bits per heavy atom. The van der Waals surface area contributed by atoms with E-state index in [1.807, 2.05) is 13.0 Å². The fourth-order valence-electron chi connectivity index (χ4n) is 1.94. The first kappa shape index (κ1) is 13.6. The minimum atomic E-state index is 0.115. The Morgan fingerprint density at radius 1 is 1.53 bits per heavy atom. The Morgan fingerprint density at radius 3 is 3.05 bits per heavy atom. The SMILES string of the molecule is CCCOc1cc(C)nc(NCC2CCC(=O)N2)n1. The van der Waals surface area contributed by atoms with Crippen molar-refractivity contribution in [2.24, 2.45) is 0 Å². The number of hydrogen-bond donors (Lipinski definition) is 2. The zero-order chi connectivity index (χ0) is 13.7. The lowest BCUT2D eigenvalue weighted by atomic mass is 10.2. The second kappa shape index (κ2) is 6.36. The molecule has 0 spiro atoms. The van der Waals surface area contributed by atoms with Crippen LogP contribution in [0.4, 0.5) is 5.95 Å². The van der Waals surface area contributed by atoms with Crippen LogP contribution in [0, 0.1) is 6.92 Å². The Kier molecular flexibility index (Phi) is 4.54. The lowest BCUT2D eigenvalue weighted by molar-refractivity contribution is -0.119. The smallest absolute Gasteiger partial charge is 0.226 e. The normalized spacial score (nSPS) is 18.2. The van der Waals surface area contributed by atoms with Crippen LogP contribution in [0.1, 0.15) is 31.9 Å². The lowest BCUT2D eigenvalue weighted by Crippen LogP contribution is -2.32. The molecule has 0 saturated carbocycles. The van der Waals surface area contributed by atoms with Crippen molar-refractivity contribution in [3.63, 3.8) is 0 Å². The highest BCUT2D eigenvalue weighted by molar-refractivity contribution is 5.78. The maximum absolute atomic E-state index is 11.1. The number of ether oxygens (including phenoxy) is 1. The fourth-order valence-corrected chi connectivity index (χ4v) is 1.94. The summed E-state index contributed by atoms with van der Waals surface area (Å²) in [4.78, 5) is 19.7. The molecule has 19 heavy (non-hydrogen) atoms. The van der Waals surface area contributed by atoms with Gasteiger partial charge in [-0.25, -0.2) is 4.98 Å². The summed E-state index contributed by atoms with van der Waals surface area (Å²) in [5.41, 5.74) is 0.860. The molecule has 1 amide bonds. The third kappa shape index (κ3) is 4.08. The summed E-state index contributed by atoms with van der Waals surface area (Å²) in [7, 11) is 0. The van der Waals surface area contributed by atoms with E-state index in [9.17, 15) is 4.79 Å². The summed E-state index contributed by atoms with van der Waals surface area (Å²) in [5.74, 6) is 1.25. The van der Waals surface area contributed by atoms with Crippen molar-refractivity contribution in [2.75, 3.05) is 18.5 Å². The van der Waals surface area contributed by atoms with Gasteiger partial charge in [-0.1, -0.05) is 6.92 Å². The minimum Gasteiger partial charge on any atom is -0.478 e. The molecule has 1 atom stereocenters. The average Bonchev–Trinajstić information content (AvgIpc) is 2.79. The molecule has 1 aromatic rings. The Bertz CT molecular complexity index is 450. The molecule has 6 heteroatoms. The number of nitrogens with one attached hydrogen (secondary N) is 2. The van der Waals surface area contributed by atoms with E-state index in [1.54, 1.807) is 0 Å². The second-order valence-corrected chi connectivity index (χ2v) is 4.70. The number of amides is 1. The lowest BCUT2D eigenvalue weighted by Gasteiger charge is -2.12. The quantitative estimate of drug-likeness (QED) is 0.809. The molecule has 2 heterocycles. The maximum Gasteiger partial charge on any atom is 0.226 e. The first-order valence-corrected chi connectivity index (χ1v) is 6.69. The highest BCUT2D eigenvalue weighted by Gasteiger charge is 2.20.